The van der Waals surface area contributed by atoms with E-state index in [9.17, 15) is 9.59 Å². The number of carbonyl (C=O) groups is 2. The topological polar surface area (TPSA) is 75.6 Å². The number of carboxylic acids is 1. The summed E-state index contributed by atoms with van der Waals surface area (Å²) in [7, 11) is 0. The number of ether oxygens (including phenoxy) is 1. The predicted octanol–water partition coefficient (Wildman–Crippen LogP) is 4.39. The van der Waals surface area contributed by atoms with Crippen LogP contribution < -0.4 is 5.32 Å². The van der Waals surface area contributed by atoms with E-state index in [1.165, 1.54) is 0 Å². The van der Waals surface area contributed by atoms with Crippen LogP contribution in [0, 0.1) is 5.92 Å². The van der Waals surface area contributed by atoms with Gasteiger partial charge in [-0.05, 0) is 48.6 Å². The molecule has 0 spiro atoms. The van der Waals surface area contributed by atoms with Gasteiger partial charge in [0, 0.05) is 5.92 Å². The second-order valence-electron chi connectivity index (χ2n) is 6.89. The smallest absolute Gasteiger partial charge is 0.340 e. The van der Waals surface area contributed by atoms with Gasteiger partial charge in [0.05, 0.1) is 29.5 Å². The molecular formula is C22H21NO4. The lowest BCUT2D eigenvalue weighted by molar-refractivity contribution is 0.0526. The Kier molecular flexibility index (Phi) is 4.44. The summed E-state index contributed by atoms with van der Waals surface area (Å²) in [6.45, 7) is 2.12. The molecule has 5 heteroatoms. The van der Waals surface area contributed by atoms with Crippen molar-refractivity contribution in [3.63, 3.8) is 0 Å². The Bertz CT molecular complexity index is 916. The fourth-order valence-electron chi connectivity index (χ4n) is 4.16. The van der Waals surface area contributed by atoms with Crippen molar-refractivity contribution in [2.24, 2.45) is 5.92 Å². The van der Waals surface area contributed by atoms with Gasteiger partial charge in [-0.15, -0.1) is 0 Å². The van der Waals surface area contributed by atoms with E-state index in [1.54, 1.807) is 25.1 Å². The van der Waals surface area contributed by atoms with Crippen molar-refractivity contribution < 1.29 is 19.4 Å². The number of allylic oxidation sites excluding steroid dienone is 2. The molecule has 2 aliphatic rings. The fourth-order valence-corrected chi connectivity index (χ4v) is 4.16. The van der Waals surface area contributed by atoms with Gasteiger partial charge in [0.25, 0.3) is 0 Å². The van der Waals surface area contributed by atoms with Gasteiger partial charge in [-0.2, -0.15) is 0 Å². The van der Waals surface area contributed by atoms with Crippen molar-refractivity contribution in [2.75, 3.05) is 11.9 Å². The molecule has 0 bridgehead atoms. The lowest BCUT2D eigenvalue weighted by atomic mass is 9.76. The molecule has 1 heterocycles. The second-order valence-corrected chi connectivity index (χ2v) is 6.89. The highest BCUT2D eigenvalue weighted by Gasteiger charge is 2.39. The summed E-state index contributed by atoms with van der Waals surface area (Å²) in [5, 5.41) is 12.7. The molecule has 138 valence electrons. The molecule has 0 saturated carbocycles. The van der Waals surface area contributed by atoms with E-state index in [0.29, 0.717) is 18.1 Å². The average molecular weight is 363 g/mol. The Balaban J connectivity index is 1.75. The summed E-state index contributed by atoms with van der Waals surface area (Å²) < 4.78 is 5.23. The average Bonchev–Trinajstić information content (AvgIpc) is 3.17. The highest BCUT2D eigenvalue weighted by molar-refractivity contribution is 5.97. The molecule has 0 radical (unpaired) electrons. The van der Waals surface area contributed by atoms with Crippen molar-refractivity contribution in [3.05, 3.63) is 76.9 Å². The van der Waals surface area contributed by atoms with Crippen LogP contribution in [-0.2, 0) is 4.74 Å². The van der Waals surface area contributed by atoms with Crippen molar-refractivity contribution in [1.82, 2.24) is 0 Å². The van der Waals surface area contributed by atoms with Crippen LogP contribution in [0.4, 0.5) is 5.69 Å². The van der Waals surface area contributed by atoms with Crippen LogP contribution >= 0.6 is 0 Å². The van der Waals surface area contributed by atoms with Gasteiger partial charge in [-0.25, -0.2) is 9.59 Å². The minimum atomic E-state index is -0.937. The van der Waals surface area contributed by atoms with Crippen LogP contribution in [0.3, 0.4) is 0 Å². The maximum atomic E-state index is 12.4. The third-order valence-corrected chi connectivity index (χ3v) is 5.41. The molecule has 5 nitrogen and oxygen atoms in total. The van der Waals surface area contributed by atoms with Crippen LogP contribution in [0.15, 0.2) is 54.6 Å². The third-order valence-electron chi connectivity index (χ3n) is 5.41. The normalized spacial score (nSPS) is 22.5. The van der Waals surface area contributed by atoms with E-state index in [1.807, 2.05) is 18.2 Å². The number of carboxylic acid groups (broad SMARTS) is 1. The Labute approximate surface area is 157 Å². The summed E-state index contributed by atoms with van der Waals surface area (Å²) in [5.74, 6) is -0.721. The molecule has 2 N–H and O–H groups in total. The monoisotopic (exact) mass is 363 g/mol. The SMILES string of the molecule is CCOC(=O)c1cccc2c1N[C@@H](c1ccc(C(=O)O)cc1)[C@@H]1CC=C[C@H]21. The maximum Gasteiger partial charge on any atom is 0.340 e. The number of aromatic carboxylic acids is 1. The van der Waals surface area contributed by atoms with E-state index < -0.39 is 5.97 Å². The number of esters is 1. The number of hydrogen-bond acceptors (Lipinski definition) is 4. The lowest BCUT2D eigenvalue weighted by Crippen LogP contribution is -2.30. The van der Waals surface area contributed by atoms with Crippen molar-refractivity contribution in [3.8, 4) is 0 Å². The second kappa shape index (κ2) is 6.91. The Morgan fingerprint density at radius 2 is 1.96 bits per heavy atom. The summed E-state index contributed by atoms with van der Waals surface area (Å²) >= 11 is 0. The molecule has 0 unspecified atom stereocenters. The molecule has 2 aromatic carbocycles. The zero-order valence-electron chi connectivity index (χ0n) is 15.0. The molecule has 1 aliphatic carbocycles. The number of para-hydroxylation sites is 1. The highest BCUT2D eigenvalue weighted by atomic mass is 16.5. The van der Waals surface area contributed by atoms with E-state index >= 15 is 0 Å². The molecular weight excluding hydrogens is 342 g/mol. The van der Waals surface area contributed by atoms with Gasteiger partial charge < -0.3 is 15.2 Å². The van der Waals surface area contributed by atoms with E-state index in [-0.39, 0.29) is 23.5 Å². The zero-order chi connectivity index (χ0) is 19.0. The number of carbonyl (C=O) groups excluding carboxylic acids is 1. The van der Waals surface area contributed by atoms with E-state index in [2.05, 4.69) is 23.5 Å². The molecule has 0 amide bonds. The maximum absolute atomic E-state index is 12.4. The van der Waals surface area contributed by atoms with Gasteiger partial charge >= 0.3 is 11.9 Å². The summed E-state index contributed by atoms with van der Waals surface area (Å²) in [6, 6.07) is 12.7. The van der Waals surface area contributed by atoms with Crippen molar-refractivity contribution in [1.29, 1.82) is 0 Å². The first-order valence-corrected chi connectivity index (χ1v) is 9.16. The summed E-state index contributed by atoms with van der Waals surface area (Å²) in [5.41, 5.74) is 3.75. The molecule has 0 fully saturated rings. The molecule has 27 heavy (non-hydrogen) atoms. The number of hydrogen-bond donors (Lipinski definition) is 2. The molecule has 4 rings (SSSR count). The van der Waals surface area contributed by atoms with Crippen LogP contribution in [-0.4, -0.2) is 23.7 Å². The fraction of sp³-hybridized carbons (Fsp3) is 0.273. The quantitative estimate of drug-likeness (QED) is 0.622. The molecule has 1 aliphatic heterocycles. The van der Waals surface area contributed by atoms with Crippen molar-refractivity contribution >= 4 is 17.6 Å². The van der Waals surface area contributed by atoms with Gasteiger partial charge in [-0.1, -0.05) is 36.4 Å². The number of nitrogens with one attached hydrogen (secondary N) is 1. The standard InChI is InChI=1S/C22H21NO4/c1-2-27-22(26)18-8-4-7-17-15-5-3-6-16(15)19(23-20(17)18)13-9-11-14(12-10-13)21(24)25/h3-5,7-12,15-16,19,23H,2,6H2,1H3,(H,24,25)/t15-,16+,19-/m0/s1. The molecule has 0 aromatic heterocycles. The van der Waals surface area contributed by atoms with Crippen LogP contribution in [0.1, 0.15) is 57.1 Å². The largest absolute Gasteiger partial charge is 0.478 e. The minimum Gasteiger partial charge on any atom is -0.478 e. The molecule has 3 atom stereocenters. The number of benzene rings is 2. The third kappa shape index (κ3) is 2.99. The predicted molar refractivity (Wildman–Crippen MR) is 102 cm³/mol. The van der Waals surface area contributed by atoms with Gasteiger partial charge in [0.1, 0.15) is 0 Å². The zero-order valence-corrected chi connectivity index (χ0v) is 15.0. The van der Waals surface area contributed by atoms with E-state index in [0.717, 1.165) is 23.2 Å². The Morgan fingerprint density at radius 3 is 2.67 bits per heavy atom. The number of fused-ring (bicyclic) bond motifs is 3. The van der Waals surface area contributed by atoms with Crippen LogP contribution in [0.25, 0.3) is 0 Å². The van der Waals surface area contributed by atoms with Gasteiger partial charge in [-0.3, -0.25) is 0 Å². The molecule has 2 aromatic rings. The highest BCUT2D eigenvalue weighted by Crippen LogP contribution is 2.50. The van der Waals surface area contributed by atoms with Gasteiger partial charge in [0.15, 0.2) is 0 Å². The first-order valence-electron chi connectivity index (χ1n) is 9.16. The van der Waals surface area contributed by atoms with Crippen LogP contribution in [0.2, 0.25) is 0 Å². The van der Waals surface area contributed by atoms with Crippen LogP contribution in [0.5, 0.6) is 0 Å². The number of anilines is 1. The summed E-state index contributed by atoms with van der Waals surface area (Å²) in [6.07, 6.45) is 5.33. The van der Waals surface area contributed by atoms with Crippen molar-refractivity contribution in [2.45, 2.75) is 25.3 Å². The summed E-state index contributed by atoms with van der Waals surface area (Å²) in [4.78, 5) is 23.6. The number of rotatable bonds is 4. The first-order chi connectivity index (χ1) is 13.1. The molecule has 0 saturated heterocycles. The minimum absolute atomic E-state index is 0.00378. The first kappa shape index (κ1) is 17.3. The lowest BCUT2D eigenvalue weighted by Gasteiger charge is -2.38. The van der Waals surface area contributed by atoms with E-state index in [4.69, 9.17) is 9.84 Å². The Morgan fingerprint density at radius 1 is 1.19 bits per heavy atom. The van der Waals surface area contributed by atoms with Gasteiger partial charge in [0.2, 0.25) is 0 Å². The Hall–Kier alpha value is -3.08.